The van der Waals surface area contributed by atoms with Crippen molar-refractivity contribution in [3.63, 3.8) is 0 Å². The molecule has 0 saturated heterocycles. The molecule has 0 aliphatic heterocycles. The zero-order valence-corrected chi connectivity index (χ0v) is 78.6. The number of carbonyl (C=O) groups is 4. The lowest BCUT2D eigenvalue weighted by molar-refractivity contribution is -0.161. The molecule has 690 valence electrons. The van der Waals surface area contributed by atoms with Gasteiger partial charge in [0.15, 0.2) is 12.2 Å². The maximum absolute atomic E-state index is 13.2. The molecular weight excluding hydrogens is 1500 g/mol. The van der Waals surface area contributed by atoms with Crippen LogP contribution in [0.2, 0.25) is 0 Å². The normalized spacial score (nSPS) is 13.9. The van der Waals surface area contributed by atoms with Gasteiger partial charge in [0, 0.05) is 25.7 Å². The SMILES string of the molecule is CCCCCCCCCCCCCCCCCCCCCCC(=O)O[C@H](COC(=O)CCCCCCCCCCCCCCC)COP(=O)(O)OC[C@H](O)COP(=O)(O)OC[C@@H](COC(=O)CCCCCCCCCCCCCCCCCCCCC(C)C)OC(=O)CCCCCCCCCCCCCCCCCCCCC(C)CC. The molecule has 17 nitrogen and oxygen atoms in total. The Hall–Kier alpha value is -1.94. The van der Waals surface area contributed by atoms with Gasteiger partial charge in [-0.15, -0.1) is 0 Å². The first-order valence-electron chi connectivity index (χ1n) is 50.0. The van der Waals surface area contributed by atoms with E-state index in [-0.39, 0.29) is 25.7 Å². The Morgan fingerprint density at radius 3 is 0.655 bits per heavy atom. The van der Waals surface area contributed by atoms with Crippen molar-refractivity contribution in [3.05, 3.63) is 0 Å². The van der Waals surface area contributed by atoms with Crippen molar-refractivity contribution in [2.45, 2.75) is 548 Å². The number of rotatable bonds is 96. The lowest BCUT2D eigenvalue weighted by Gasteiger charge is -2.21. The molecule has 0 spiro atoms. The molecule has 0 aliphatic carbocycles. The van der Waals surface area contributed by atoms with Gasteiger partial charge in [-0.25, -0.2) is 9.13 Å². The predicted octanol–water partition coefficient (Wildman–Crippen LogP) is 30.5. The number of phosphoric acid groups is 2. The number of ether oxygens (including phenoxy) is 4. The number of phosphoric ester groups is 2. The maximum Gasteiger partial charge on any atom is 0.472 e. The minimum atomic E-state index is -4.97. The Labute approximate surface area is 715 Å². The van der Waals surface area contributed by atoms with Crippen molar-refractivity contribution >= 4 is 39.5 Å². The number of aliphatic hydroxyl groups is 1. The molecule has 0 aromatic heterocycles. The first-order chi connectivity index (χ1) is 56.4. The van der Waals surface area contributed by atoms with Gasteiger partial charge in [0.1, 0.15) is 19.3 Å². The molecular formula is C97H190O17P2. The van der Waals surface area contributed by atoms with Crippen LogP contribution in [-0.4, -0.2) is 96.7 Å². The molecule has 6 atom stereocenters. The molecule has 3 unspecified atom stereocenters. The first kappa shape index (κ1) is 114. The summed E-state index contributed by atoms with van der Waals surface area (Å²) >= 11 is 0. The average Bonchev–Trinajstić information content (AvgIpc) is 0.901. The van der Waals surface area contributed by atoms with E-state index in [9.17, 15) is 43.2 Å². The summed E-state index contributed by atoms with van der Waals surface area (Å²) in [6.45, 7) is 9.85. The van der Waals surface area contributed by atoms with Crippen LogP contribution in [0, 0.1) is 11.8 Å². The van der Waals surface area contributed by atoms with Crippen molar-refractivity contribution in [2.24, 2.45) is 11.8 Å². The van der Waals surface area contributed by atoms with Crippen molar-refractivity contribution in [2.75, 3.05) is 39.6 Å². The van der Waals surface area contributed by atoms with E-state index in [0.717, 1.165) is 102 Å². The van der Waals surface area contributed by atoms with Crippen LogP contribution < -0.4 is 0 Å². The summed E-state index contributed by atoms with van der Waals surface area (Å²) in [4.78, 5) is 73.6. The summed E-state index contributed by atoms with van der Waals surface area (Å²) in [6, 6.07) is 0. The van der Waals surface area contributed by atoms with Gasteiger partial charge in [-0.05, 0) is 37.5 Å². The van der Waals surface area contributed by atoms with E-state index in [1.54, 1.807) is 0 Å². The van der Waals surface area contributed by atoms with Crippen molar-refractivity contribution in [3.8, 4) is 0 Å². The molecule has 0 rings (SSSR count). The zero-order valence-electron chi connectivity index (χ0n) is 76.8. The summed E-state index contributed by atoms with van der Waals surface area (Å²) in [6.07, 6.45) is 84.8. The van der Waals surface area contributed by atoms with E-state index < -0.39 is 97.5 Å². The topological polar surface area (TPSA) is 237 Å². The Morgan fingerprint density at radius 1 is 0.250 bits per heavy atom. The van der Waals surface area contributed by atoms with Crippen LogP contribution >= 0.6 is 15.6 Å². The van der Waals surface area contributed by atoms with E-state index in [1.165, 1.54) is 347 Å². The van der Waals surface area contributed by atoms with Crippen molar-refractivity contribution < 1.29 is 80.2 Å². The number of unbranched alkanes of at least 4 members (excludes halogenated alkanes) is 65. The number of aliphatic hydroxyl groups excluding tert-OH is 1. The van der Waals surface area contributed by atoms with Crippen LogP contribution in [0.15, 0.2) is 0 Å². The van der Waals surface area contributed by atoms with Crippen LogP contribution in [0.3, 0.4) is 0 Å². The molecule has 0 radical (unpaired) electrons. The highest BCUT2D eigenvalue weighted by Gasteiger charge is 2.31. The van der Waals surface area contributed by atoms with Crippen LogP contribution in [0.5, 0.6) is 0 Å². The third kappa shape index (κ3) is 88.4. The molecule has 116 heavy (non-hydrogen) atoms. The van der Waals surface area contributed by atoms with Crippen molar-refractivity contribution in [1.82, 2.24) is 0 Å². The third-order valence-electron chi connectivity index (χ3n) is 23.3. The molecule has 0 aromatic carbocycles. The lowest BCUT2D eigenvalue weighted by atomic mass is 9.99. The Kier molecular flexibility index (Phi) is 86.5. The second kappa shape index (κ2) is 87.9. The molecule has 0 aliphatic rings. The molecule has 0 amide bonds. The van der Waals surface area contributed by atoms with Crippen LogP contribution in [0.4, 0.5) is 0 Å². The van der Waals surface area contributed by atoms with Crippen molar-refractivity contribution in [1.29, 1.82) is 0 Å². The third-order valence-corrected chi connectivity index (χ3v) is 25.2. The Morgan fingerprint density at radius 2 is 0.440 bits per heavy atom. The second-order valence-electron chi connectivity index (χ2n) is 35.5. The standard InChI is InChI=1S/C97H190O17P2/c1-7-10-12-14-16-18-20-22-23-24-25-26-34-39-45-51-57-63-69-75-81-96(101)113-92(85-107-94(99)79-73-67-61-55-49-41-21-19-17-15-13-11-8-2)87-111-115(103,104)109-83-91(98)84-110-116(105,106)112-88-93(86-108-95(100)80-74-68-62-56-50-44-38-33-29-27-31-36-42-47-53-59-65-71-77-89(4)5)114-97(102)82-76-70-64-58-52-46-40-35-30-28-32-37-43-48-54-60-66-72-78-90(6)9-3/h89-93,98H,7-88H2,1-6H3,(H,103,104)(H,105,106)/t90?,91-,92+,93+/m0/s1. The molecule has 0 saturated carbocycles. The lowest BCUT2D eigenvalue weighted by Crippen LogP contribution is -2.30. The molecule has 0 aromatic rings. The van der Waals surface area contributed by atoms with Gasteiger partial charge in [-0.3, -0.25) is 37.3 Å². The van der Waals surface area contributed by atoms with E-state index in [1.807, 2.05) is 0 Å². The maximum atomic E-state index is 13.2. The van der Waals surface area contributed by atoms with E-state index in [4.69, 9.17) is 37.0 Å². The summed E-state index contributed by atoms with van der Waals surface area (Å²) < 4.78 is 69.3. The van der Waals surface area contributed by atoms with Gasteiger partial charge in [0.25, 0.3) is 0 Å². The minimum Gasteiger partial charge on any atom is -0.462 e. The van der Waals surface area contributed by atoms with Crippen LogP contribution in [0.1, 0.15) is 530 Å². The van der Waals surface area contributed by atoms with E-state index in [0.29, 0.717) is 25.7 Å². The van der Waals surface area contributed by atoms with Crippen LogP contribution in [0.25, 0.3) is 0 Å². The van der Waals surface area contributed by atoms with Gasteiger partial charge in [-0.1, -0.05) is 478 Å². The first-order valence-corrected chi connectivity index (χ1v) is 53.0. The van der Waals surface area contributed by atoms with Gasteiger partial charge in [0.05, 0.1) is 26.4 Å². The molecule has 0 heterocycles. The fourth-order valence-electron chi connectivity index (χ4n) is 15.3. The Bertz CT molecular complexity index is 2210. The van der Waals surface area contributed by atoms with Gasteiger partial charge in [-0.2, -0.15) is 0 Å². The summed E-state index contributed by atoms with van der Waals surface area (Å²) in [7, 11) is -9.94. The van der Waals surface area contributed by atoms with E-state index in [2.05, 4.69) is 41.5 Å². The smallest absolute Gasteiger partial charge is 0.462 e. The monoisotopic (exact) mass is 1690 g/mol. The second-order valence-corrected chi connectivity index (χ2v) is 38.4. The fourth-order valence-corrected chi connectivity index (χ4v) is 16.9. The fraction of sp³-hybridized carbons (Fsp3) is 0.959. The van der Waals surface area contributed by atoms with E-state index >= 15 is 0 Å². The molecule has 3 N–H and O–H groups in total. The van der Waals surface area contributed by atoms with Gasteiger partial charge >= 0.3 is 39.5 Å². The highest BCUT2D eigenvalue weighted by molar-refractivity contribution is 7.47. The van der Waals surface area contributed by atoms with Crippen LogP contribution in [-0.2, 0) is 65.4 Å². The predicted molar refractivity (Wildman–Crippen MR) is 483 cm³/mol. The van der Waals surface area contributed by atoms with Gasteiger partial charge in [0.2, 0.25) is 0 Å². The molecule has 0 bridgehead atoms. The number of carbonyl (C=O) groups excluding carboxylic acids is 4. The quantitative estimate of drug-likeness (QED) is 0.0222. The number of hydrogen-bond acceptors (Lipinski definition) is 15. The minimum absolute atomic E-state index is 0.109. The largest absolute Gasteiger partial charge is 0.472 e. The highest BCUT2D eigenvalue weighted by Crippen LogP contribution is 2.45. The summed E-state index contributed by atoms with van der Waals surface area (Å²) in [5, 5.41) is 10.7. The summed E-state index contributed by atoms with van der Waals surface area (Å²) in [5.74, 6) is -0.393. The molecule has 19 heteroatoms. The average molecular weight is 1690 g/mol. The highest BCUT2D eigenvalue weighted by atomic mass is 31.2. The number of esters is 4. The number of hydrogen-bond donors (Lipinski definition) is 3. The Balaban J connectivity index is 5.25. The molecule has 0 fully saturated rings. The summed E-state index contributed by atoms with van der Waals surface area (Å²) in [5.41, 5.74) is 0. The zero-order chi connectivity index (χ0) is 84.8. The van der Waals surface area contributed by atoms with Gasteiger partial charge < -0.3 is 33.8 Å².